The summed E-state index contributed by atoms with van der Waals surface area (Å²) in [4.78, 5) is 20.7. The van der Waals surface area contributed by atoms with E-state index in [1.54, 1.807) is 0 Å². The second-order valence-corrected chi connectivity index (χ2v) is 2.45. The van der Waals surface area contributed by atoms with Gasteiger partial charge in [-0.15, -0.1) is 0 Å². The molecule has 0 aromatic carbocycles. The van der Waals surface area contributed by atoms with Gasteiger partial charge in [0.1, 0.15) is 6.42 Å². The molecular weight excluding hydrogens is 146 g/mol. The number of rotatable bonds is 4. The standard InChI is InChI=1S/C7H13NO3/c1-3-5(2)8-6(9)4-7(10)11/h5H,3-4H2,1-2H3,(H,8,9)(H,10,11). The van der Waals surface area contributed by atoms with Crippen LogP contribution in [-0.4, -0.2) is 23.0 Å². The molecule has 1 unspecified atom stereocenters. The second kappa shape index (κ2) is 4.71. The summed E-state index contributed by atoms with van der Waals surface area (Å²) in [6.07, 6.45) is 0.371. The molecular formula is C7H13NO3. The number of hydrogen-bond acceptors (Lipinski definition) is 2. The maximum absolute atomic E-state index is 10.7. The second-order valence-electron chi connectivity index (χ2n) is 2.45. The van der Waals surface area contributed by atoms with Crippen molar-refractivity contribution in [3.8, 4) is 0 Å². The molecule has 0 heterocycles. The lowest BCUT2D eigenvalue weighted by Gasteiger charge is -2.09. The van der Waals surface area contributed by atoms with E-state index >= 15 is 0 Å². The van der Waals surface area contributed by atoms with E-state index in [0.717, 1.165) is 6.42 Å². The van der Waals surface area contributed by atoms with Crippen LogP contribution in [0.4, 0.5) is 0 Å². The molecule has 0 aromatic rings. The molecule has 0 fully saturated rings. The Hall–Kier alpha value is -1.06. The zero-order valence-corrected chi connectivity index (χ0v) is 6.76. The lowest BCUT2D eigenvalue weighted by Crippen LogP contribution is -2.33. The van der Waals surface area contributed by atoms with Crippen LogP contribution in [0.25, 0.3) is 0 Å². The van der Waals surface area contributed by atoms with E-state index in [1.165, 1.54) is 0 Å². The van der Waals surface area contributed by atoms with Crippen LogP contribution in [0.5, 0.6) is 0 Å². The summed E-state index contributed by atoms with van der Waals surface area (Å²) in [7, 11) is 0. The first kappa shape index (κ1) is 9.94. The number of aliphatic carboxylic acids is 1. The van der Waals surface area contributed by atoms with Crippen LogP contribution in [-0.2, 0) is 9.59 Å². The molecule has 64 valence electrons. The largest absolute Gasteiger partial charge is 0.481 e. The molecule has 0 spiro atoms. The molecule has 0 saturated carbocycles. The van der Waals surface area contributed by atoms with Gasteiger partial charge in [-0.2, -0.15) is 0 Å². The molecule has 2 N–H and O–H groups in total. The fraction of sp³-hybridized carbons (Fsp3) is 0.714. The van der Waals surface area contributed by atoms with Crippen LogP contribution >= 0.6 is 0 Å². The predicted molar refractivity (Wildman–Crippen MR) is 40.1 cm³/mol. The SMILES string of the molecule is CCC(C)NC(=O)CC(=O)O. The van der Waals surface area contributed by atoms with Crippen LogP contribution in [0.1, 0.15) is 26.7 Å². The minimum absolute atomic E-state index is 0.0573. The molecule has 1 amide bonds. The van der Waals surface area contributed by atoms with Crippen molar-refractivity contribution >= 4 is 11.9 Å². The number of hydrogen-bond donors (Lipinski definition) is 2. The Labute approximate surface area is 65.6 Å². The third kappa shape index (κ3) is 5.39. The average Bonchev–Trinajstić information content (AvgIpc) is 1.85. The first-order valence-electron chi connectivity index (χ1n) is 3.57. The molecule has 0 radical (unpaired) electrons. The number of carboxylic acids is 1. The number of carbonyl (C=O) groups is 2. The summed E-state index contributed by atoms with van der Waals surface area (Å²) in [6.45, 7) is 3.76. The highest BCUT2D eigenvalue weighted by Gasteiger charge is 2.08. The molecule has 1 atom stereocenters. The van der Waals surface area contributed by atoms with Crippen molar-refractivity contribution in [2.24, 2.45) is 0 Å². The summed E-state index contributed by atoms with van der Waals surface area (Å²) < 4.78 is 0. The van der Waals surface area contributed by atoms with Gasteiger partial charge < -0.3 is 10.4 Å². The molecule has 0 bridgehead atoms. The quantitative estimate of drug-likeness (QED) is 0.582. The summed E-state index contributed by atoms with van der Waals surface area (Å²) in [5.41, 5.74) is 0. The van der Waals surface area contributed by atoms with Crippen LogP contribution in [0, 0.1) is 0 Å². The van der Waals surface area contributed by atoms with Gasteiger partial charge >= 0.3 is 5.97 Å². The number of nitrogens with one attached hydrogen (secondary N) is 1. The first-order valence-corrected chi connectivity index (χ1v) is 3.57. The van der Waals surface area contributed by atoms with Crippen molar-refractivity contribution in [1.29, 1.82) is 0 Å². The molecule has 0 aliphatic heterocycles. The minimum Gasteiger partial charge on any atom is -0.481 e. The lowest BCUT2D eigenvalue weighted by molar-refractivity contribution is -0.140. The van der Waals surface area contributed by atoms with E-state index in [1.807, 2.05) is 13.8 Å². The van der Waals surface area contributed by atoms with Crippen molar-refractivity contribution < 1.29 is 14.7 Å². The predicted octanol–water partition coefficient (Wildman–Crippen LogP) is 0.376. The maximum atomic E-state index is 10.7. The molecule has 4 nitrogen and oxygen atoms in total. The Morgan fingerprint density at radius 2 is 2.09 bits per heavy atom. The topological polar surface area (TPSA) is 66.4 Å². The number of carboxylic acid groups (broad SMARTS) is 1. The van der Waals surface area contributed by atoms with Crippen molar-refractivity contribution in [3.05, 3.63) is 0 Å². The van der Waals surface area contributed by atoms with Gasteiger partial charge in [0.25, 0.3) is 0 Å². The van der Waals surface area contributed by atoms with Gasteiger partial charge in [0.15, 0.2) is 0 Å². The molecule has 0 aromatic heterocycles. The van der Waals surface area contributed by atoms with Crippen LogP contribution in [0.3, 0.4) is 0 Å². The lowest BCUT2D eigenvalue weighted by atomic mass is 10.2. The van der Waals surface area contributed by atoms with Crippen molar-refractivity contribution in [1.82, 2.24) is 5.32 Å². The highest BCUT2D eigenvalue weighted by Crippen LogP contribution is 1.89. The fourth-order valence-corrected chi connectivity index (χ4v) is 0.565. The Balaban J connectivity index is 3.60. The third-order valence-electron chi connectivity index (χ3n) is 1.33. The van der Waals surface area contributed by atoms with Gasteiger partial charge in [-0.25, -0.2) is 0 Å². The van der Waals surface area contributed by atoms with Crippen LogP contribution < -0.4 is 5.32 Å². The van der Waals surface area contributed by atoms with Gasteiger partial charge in [0.2, 0.25) is 5.91 Å². The van der Waals surface area contributed by atoms with Gasteiger partial charge in [-0.3, -0.25) is 9.59 Å². The summed E-state index contributed by atoms with van der Waals surface area (Å²) in [6, 6.07) is 0.0573. The highest BCUT2D eigenvalue weighted by molar-refractivity contribution is 5.93. The van der Waals surface area contributed by atoms with E-state index in [4.69, 9.17) is 5.11 Å². The number of amides is 1. The molecule has 11 heavy (non-hydrogen) atoms. The average molecular weight is 159 g/mol. The van der Waals surface area contributed by atoms with Crippen molar-refractivity contribution in [2.45, 2.75) is 32.7 Å². The van der Waals surface area contributed by atoms with Crippen LogP contribution in [0.15, 0.2) is 0 Å². The Kier molecular flexibility index (Phi) is 4.26. The monoisotopic (exact) mass is 159 g/mol. The molecule has 0 aliphatic carbocycles. The Morgan fingerprint density at radius 3 is 2.45 bits per heavy atom. The molecule has 0 aliphatic rings. The van der Waals surface area contributed by atoms with Gasteiger partial charge in [0.05, 0.1) is 0 Å². The normalized spacial score (nSPS) is 12.2. The minimum atomic E-state index is -1.09. The zero-order chi connectivity index (χ0) is 8.85. The van der Waals surface area contributed by atoms with Gasteiger partial charge in [-0.1, -0.05) is 6.92 Å². The van der Waals surface area contributed by atoms with E-state index in [9.17, 15) is 9.59 Å². The van der Waals surface area contributed by atoms with Crippen molar-refractivity contribution in [3.63, 3.8) is 0 Å². The smallest absolute Gasteiger partial charge is 0.312 e. The highest BCUT2D eigenvalue weighted by atomic mass is 16.4. The molecule has 4 heteroatoms. The molecule has 0 saturated heterocycles. The Morgan fingerprint density at radius 1 is 1.55 bits per heavy atom. The van der Waals surface area contributed by atoms with E-state index in [2.05, 4.69) is 5.32 Å². The third-order valence-corrected chi connectivity index (χ3v) is 1.33. The fourth-order valence-electron chi connectivity index (χ4n) is 0.565. The Bertz CT molecular complexity index is 156. The van der Waals surface area contributed by atoms with Gasteiger partial charge in [0, 0.05) is 6.04 Å². The van der Waals surface area contributed by atoms with E-state index in [-0.39, 0.29) is 6.04 Å². The van der Waals surface area contributed by atoms with E-state index < -0.39 is 18.3 Å². The van der Waals surface area contributed by atoms with Crippen molar-refractivity contribution in [2.75, 3.05) is 0 Å². The maximum Gasteiger partial charge on any atom is 0.312 e. The zero-order valence-electron chi connectivity index (χ0n) is 6.76. The van der Waals surface area contributed by atoms with Gasteiger partial charge in [-0.05, 0) is 13.3 Å². The van der Waals surface area contributed by atoms with Crippen LogP contribution in [0.2, 0.25) is 0 Å². The number of carbonyl (C=O) groups excluding carboxylic acids is 1. The summed E-state index contributed by atoms with van der Waals surface area (Å²) in [5, 5.41) is 10.7. The summed E-state index contributed by atoms with van der Waals surface area (Å²) in [5.74, 6) is -1.52. The first-order chi connectivity index (χ1) is 5.06. The summed E-state index contributed by atoms with van der Waals surface area (Å²) >= 11 is 0. The van der Waals surface area contributed by atoms with E-state index in [0.29, 0.717) is 0 Å². The molecule has 0 rings (SSSR count).